The fourth-order valence-corrected chi connectivity index (χ4v) is 5.65. The number of ether oxygens (including phenoxy) is 1. The Balaban J connectivity index is 1.20. The van der Waals surface area contributed by atoms with Crippen molar-refractivity contribution in [2.45, 2.75) is 50.0 Å². The van der Waals surface area contributed by atoms with Gasteiger partial charge >= 0.3 is 5.97 Å². The Morgan fingerprint density at radius 3 is 2.55 bits per heavy atom. The van der Waals surface area contributed by atoms with Crippen LogP contribution in [0.1, 0.15) is 37.7 Å². The number of aryl methyl sites for hydroxylation is 1. The fourth-order valence-electron chi connectivity index (χ4n) is 4.28. The van der Waals surface area contributed by atoms with Gasteiger partial charge in [0.05, 0.1) is 11.5 Å². The Morgan fingerprint density at radius 2 is 1.77 bits per heavy atom. The molecule has 212 valence electrons. The molecule has 1 amide bonds. The first-order valence-electron chi connectivity index (χ1n) is 13.0. The topological polar surface area (TPSA) is 135 Å². The molecule has 0 spiro atoms. The van der Waals surface area contributed by atoms with E-state index in [0.717, 1.165) is 10.9 Å². The molecule has 4 aromatic rings. The van der Waals surface area contributed by atoms with Gasteiger partial charge in [-0.3, -0.25) is 9.59 Å². The number of carboxylic acids is 1. The highest BCUT2D eigenvalue weighted by molar-refractivity contribution is 7.89. The molecule has 0 radical (unpaired) electrons. The van der Waals surface area contributed by atoms with Crippen molar-refractivity contribution in [1.82, 2.24) is 10.0 Å². The van der Waals surface area contributed by atoms with Crippen molar-refractivity contribution in [3.05, 3.63) is 71.2 Å². The first kappa shape index (κ1) is 29.4. The number of carbonyl (C=O) groups is 2. The maximum absolute atomic E-state index is 13.0. The molecule has 0 aliphatic heterocycles. The lowest BCUT2D eigenvalue weighted by Gasteiger charge is -2.15. The van der Waals surface area contributed by atoms with Gasteiger partial charge in [0, 0.05) is 28.8 Å². The molecular weight excluding hydrogens is 556 g/mol. The Morgan fingerprint density at radius 1 is 1.00 bits per heavy atom. The maximum Gasteiger partial charge on any atom is 0.321 e. The molecule has 3 aromatic carbocycles. The molecule has 1 unspecified atom stereocenters. The summed E-state index contributed by atoms with van der Waals surface area (Å²) in [6.07, 6.45) is 1.82. The van der Waals surface area contributed by atoms with Gasteiger partial charge in [0.1, 0.15) is 23.0 Å². The molecule has 9 nitrogen and oxygen atoms in total. The molecule has 40 heavy (non-hydrogen) atoms. The number of benzene rings is 3. The minimum absolute atomic E-state index is 0.0414. The number of para-hydroxylation sites is 1. The average molecular weight is 587 g/mol. The number of unbranched alkanes of at least 4 members (excludes halogenated alkanes) is 1. The second kappa shape index (κ2) is 13.2. The van der Waals surface area contributed by atoms with Crippen LogP contribution >= 0.6 is 11.6 Å². The monoisotopic (exact) mass is 586 g/mol. The number of aliphatic carboxylic acids is 1. The van der Waals surface area contributed by atoms with Crippen LogP contribution in [0.15, 0.2) is 70.0 Å². The van der Waals surface area contributed by atoms with Crippen LogP contribution in [0.4, 0.5) is 0 Å². The van der Waals surface area contributed by atoms with Gasteiger partial charge in [0.25, 0.3) is 0 Å². The van der Waals surface area contributed by atoms with E-state index in [1.165, 1.54) is 12.1 Å². The summed E-state index contributed by atoms with van der Waals surface area (Å²) in [5, 5.41) is 14.5. The van der Waals surface area contributed by atoms with Gasteiger partial charge in [-0.2, -0.15) is 4.72 Å². The van der Waals surface area contributed by atoms with Crippen LogP contribution in [0.5, 0.6) is 5.75 Å². The van der Waals surface area contributed by atoms with Gasteiger partial charge in [-0.1, -0.05) is 29.8 Å². The zero-order chi connectivity index (χ0) is 28.7. The molecule has 1 aromatic heterocycles. The number of furan rings is 1. The summed E-state index contributed by atoms with van der Waals surface area (Å²) in [7, 11) is -4.10. The smallest absolute Gasteiger partial charge is 0.321 e. The lowest BCUT2D eigenvalue weighted by Crippen LogP contribution is -2.40. The SMILES string of the molecule is Cc1cc(OCCCC(=O)NCCCCC(NS(=O)(=O)c2ccc3oc4ccccc4c3c2)C(=O)O)ccc1Cl. The molecule has 11 heteroatoms. The fraction of sp³-hybridized carbons (Fsp3) is 0.310. The summed E-state index contributed by atoms with van der Waals surface area (Å²) >= 11 is 6.00. The maximum atomic E-state index is 13.0. The summed E-state index contributed by atoms with van der Waals surface area (Å²) in [6.45, 7) is 2.64. The van der Waals surface area contributed by atoms with E-state index in [2.05, 4.69) is 10.0 Å². The van der Waals surface area contributed by atoms with E-state index < -0.39 is 22.0 Å². The molecule has 4 rings (SSSR count). The third-order valence-electron chi connectivity index (χ3n) is 6.44. The Labute approximate surface area is 237 Å². The van der Waals surface area contributed by atoms with E-state index >= 15 is 0 Å². The molecule has 1 atom stereocenters. The Kier molecular flexibility index (Phi) is 9.67. The predicted octanol–water partition coefficient (Wildman–Crippen LogP) is 5.43. The van der Waals surface area contributed by atoms with Crippen molar-refractivity contribution in [2.24, 2.45) is 0 Å². The van der Waals surface area contributed by atoms with Crippen LogP contribution in [0.3, 0.4) is 0 Å². The first-order chi connectivity index (χ1) is 19.1. The molecule has 0 bridgehead atoms. The number of carbonyl (C=O) groups excluding carboxylic acids is 1. The molecule has 1 heterocycles. The zero-order valence-corrected chi connectivity index (χ0v) is 23.6. The van der Waals surface area contributed by atoms with Crippen LogP contribution in [0.25, 0.3) is 21.9 Å². The lowest BCUT2D eigenvalue weighted by molar-refractivity contribution is -0.139. The highest BCUT2D eigenvalue weighted by atomic mass is 35.5. The van der Waals surface area contributed by atoms with Crippen LogP contribution in [0.2, 0.25) is 5.02 Å². The molecule has 3 N–H and O–H groups in total. The third-order valence-corrected chi connectivity index (χ3v) is 8.34. The van der Waals surface area contributed by atoms with E-state index in [-0.39, 0.29) is 17.2 Å². The quantitative estimate of drug-likeness (QED) is 0.168. The summed E-state index contributed by atoms with van der Waals surface area (Å²) in [5.41, 5.74) is 2.09. The van der Waals surface area contributed by atoms with E-state index in [9.17, 15) is 23.1 Å². The van der Waals surface area contributed by atoms with E-state index in [1.807, 2.05) is 31.2 Å². The van der Waals surface area contributed by atoms with E-state index in [4.69, 9.17) is 20.8 Å². The number of rotatable bonds is 14. The summed E-state index contributed by atoms with van der Waals surface area (Å²) in [6, 6.07) is 15.8. The number of amides is 1. The second-order valence-corrected chi connectivity index (χ2v) is 11.6. The van der Waals surface area contributed by atoms with Crippen LogP contribution in [-0.4, -0.2) is 44.6 Å². The van der Waals surface area contributed by atoms with Crippen molar-refractivity contribution >= 4 is 55.4 Å². The van der Waals surface area contributed by atoms with Crippen molar-refractivity contribution in [2.75, 3.05) is 13.2 Å². The second-order valence-electron chi connectivity index (χ2n) is 9.48. The number of nitrogens with one attached hydrogen (secondary N) is 2. The third kappa shape index (κ3) is 7.53. The normalized spacial score (nSPS) is 12.4. The molecule has 0 saturated heterocycles. The summed E-state index contributed by atoms with van der Waals surface area (Å²) in [4.78, 5) is 23.8. The van der Waals surface area contributed by atoms with Gasteiger partial charge in [-0.15, -0.1) is 0 Å². The van der Waals surface area contributed by atoms with Gasteiger partial charge in [0.15, 0.2) is 0 Å². The highest BCUT2D eigenvalue weighted by Crippen LogP contribution is 2.30. The largest absolute Gasteiger partial charge is 0.494 e. The average Bonchev–Trinajstić information content (AvgIpc) is 3.30. The van der Waals surface area contributed by atoms with Gasteiger partial charge in [-0.25, -0.2) is 8.42 Å². The van der Waals surface area contributed by atoms with Crippen molar-refractivity contribution in [3.63, 3.8) is 0 Å². The Bertz CT molecular complexity index is 1620. The Hall–Kier alpha value is -3.60. The minimum atomic E-state index is -4.10. The predicted molar refractivity (Wildman–Crippen MR) is 153 cm³/mol. The van der Waals surface area contributed by atoms with Gasteiger partial charge in [-0.05, 0) is 80.6 Å². The number of halogens is 1. The lowest BCUT2D eigenvalue weighted by atomic mass is 10.1. The number of fused-ring (bicyclic) bond motifs is 3. The van der Waals surface area contributed by atoms with Crippen LogP contribution in [-0.2, 0) is 19.6 Å². The molecule has 0 fully saturated rings. The van der Waals surface area contributed by atoms with Gasteiger partial charge in [0.2, 0.25) is 15.9 Å². The zero-order valence-electron chi connectivity index (χ0n) is 22.0. The number of hydrogen-bond donors (Lipinski definition) is 3. The van der Waals surface area contributed by atoms with Crippen LogP contribution < -0.4 is 14.8 Å². The number of carboxylic acid groups (broad SMARTS) is 1. The molecule has 0 aliphatic rings. The molecular formula is C29H31ClN2O7S. The number of sulfonamides is 1. The van der Waals surface area contributed by atoms with Crippen molar-refractivity contribution in [3.8, 4) is 5.75 Å². The van der Waals surface area contributed by atoms with Gasteiger partial charge < -0.3 is 19.6 Å². The number of hydrogen-bond acceptors (Lipinski definition) is 6. The van der Waals surface area contributed by atoms with Crippen molar-refractivity contribution in [1.29, 1.82) is 0 Å². The van der Waals surface area contributed by atoms with E-state index in [1.54, 1.807) is 24.3 Å². The standard InChI is InChI=1S/C29H31ClN2O7S/c1-19-17-20(11-13-24(19)30)38-16-6-10-28(33)31-15-5-4-8-25(29(34)35)32-40(36,37)21-12-14-27-23(18-21)22-7-2-3-9-26(22)39-27/h2-3,7,9,11-14,17-18,25,32H,4-6,8,10,15-16H2,1H3,(H,31,33)(H,34,35). The first-order valence-corrected chi connectivity index (χ1v) is 14.8. The molecule has 0 aliphatic carbocycles. The highest BCUT2D eigenvalue weighted by Gasteiger charge is 2.25. The minimum Gasteiger partial charge on any atom is -0.494 e. The summed E-state index contributed by atoms with van der Waals surface area (Å²) < 4.78 is 39.7. The van der Waals surface area contributed by atoms with E-state index in [0.29, 0.717) is 66.2 Å². The van der Waals surface area contributed by atoms with Crippen LogP contribution in [0, 0.1) is 6.92 Å². The van der Waals surface area contributed by atoms with Crippen molar-refractivity contribution < 1.29 is 32.3 Å². The summed E-state index contributed by atoms with van der Waals surface area (Å²) in [5.74, 6) is -0.701. The molecule has 0 saturated carbocycles.